The molecule has 6 nitrogen and oxygen atoms in total. The summed E-state index contributed by atoms with van der Waals surface area (Å²) in [5, 5.41) is 0.707. The quantitative estimate of drug-likeness (QED) is 0.379. The second kappa shape index (κ2) is 8.99. The summed E-state index contributed by atoms with van der Waals surface area (Å²) in [5.74, 6) is -1.48. The molecule has 0 saturated carbocycles. The van der Waals surface area contributed by atoms with Crippen molar-refractivity contribution in [2.24, 2.45) is 4.99 Å². The molecule has 0 atom stereocenters. The first-order chi connectivity index (χ1) is 15.0. The molecule has 4 aromatic rings. The van der Waals surface area contributed by atoms with Crippen LogP contribution >= 0.6 is 11.3 Å². The van der Waals surface area contributed by atoms with Gasteiger partial charge in [0, 0.05) is 24.6 Å². The minimum atomic E-state index is -0.721. The molecule has 0 aliphatic heterocycles. The van der Waals surface area contributed by atoms with Gasteiger partial charge in [-0.3, -0.25) is 4.79 Å². The summed E-state index contributed by atoms with van der Waals surface area (Å²) in [6, 6.07) is 8.98. The normalized spacial score (nSPS) is 12.2. The van der Waals surface area contributed by atoms with E-state index in [2.05, 4.69) is 4.99 Å². The van der Waals surface area contributed by atoms with E-state index in [1.165, 1.54) is 10.6 Å². The Hall–Kier alpha value is -3.04. The lowest BCUT2D eigenvalue weighted by atomic mass is 10.2. The summed E-state index contributed by atoms with van der Waals surface area (Å²) >= 11 is 1.02. The van der Waals surface area contributed by atoms with Gasteiger partial charge < -0.3 is 18.5 Å². The molecular weight excluding hydrogens is 426 g/mol. The largest absolute Gasteiger partial charge is 0.490 e. The van der Waals surface area contributed by atoms with Crippen molar-refractivity contribution in [3.8, 4) is 5.75 Å². The van der Waals surface area contributed by atoms with Gasteiger partial charge in [0.15, 0.2) is 27.7 Å². The number of amides is 1. The lowest BCUT2D eigenvalue weighted by molar-refractivity contribution is 0.0972. The Balaban J connectivity index is 1.80. The van der Waals surface area contributed by atoms with Crippen LogP contribution in [0.2, 0.25) is 0 Å². The summed E-state index contributed by atoms with van der Waals surface area (Å²) in [6.45, 7) is 5.20. The third kappa shape index (κ3) is 4.24. The fourth-order valence-corrected chi connectivity index (χ4v) is 4.37. The van der Waals surface area contributed by atoms with Gasteiger partial charge in [0.1, 0.15) is 5.82 Å². The van der Waals surface area contributed by atoms with Crippen molar-refractivity contribution in [1.82, 2.24) is 4.57 Å². The zero-order valence-electron chi connectivity index (χ0n) is 17.0. The third-order valence-corrected chi connectivity index (χ3v) is 5.60. The fourth-order valence-electron chi connectivity index (χ4n) is 3.27. The topological polar surface area (TPSA) is 66.0 Å². The molecule has 2 aromatic carbocycles. The average Bonchev–Trinajstić information content (AvgIpc) is 3.31. The Bertz CT molecular complexity index is 1320. The average molecular weight is 446 g/mol. The van der Waals surface area contributed by atoms with E-state index in [9.17, 15) is 13.6 Å². The number of halogens is 2. The highest BCUT2D eigenvalue weighted by Gasteiger charge is 2.17. The van der Waals surface area contributed by atoms with E-state index < -0.39 is 17.5 Å². The molecule has 0 fully saturated rings. The van der Waals surface area contributed by atoms with Crippen molar-refractivity contribution < 1.29 is 27.5 Å². The number of aromatic nitrogens is 1. The summed E-state index contributed by atoms with van der Waals surface area (Å²) in [6.07, 6.45) is 0. The van der Waals surface area contributed by atoms with E-state index in [-0.39, 0.29) is 22.6 Å². The molecule has 0 spiro atoms. The lowest BCUT2D eigenvalue weighted by Crippen LogP contribution is -2.20. The van der Waals surface area contributed by atoms with Gasteiger partial charge in [-0.15, -0.1) is 0 Å². The van der Waals surface area contributed by atoms with E-state index in [0.717, 1.165) is 17.4 Å². The first-order valence-corrected chi connectivity index (χ1v) is 10.6. The van der Waals surface area contributed by atoms with Crippen molar-refractivity contribution in [3.05, 3.63) is 58.6 Å². The number of furan rings is 1. The van der Waals surface area contributed by atoms with E-state index >= 15 is 0 Å². The van der Waals surface area contributed by atoms with Crippen LogP contribution in [0, 0.1) is 11.6 Å². The van der Waals surface area contributed by atoms with Gasteiger partial charge in [0.05, 0.1) is 23.4 Å². The van der Waals surface area contributed by atoms with Crippen LogP contribution in [0.4, 0.5) is 8.78 Å². The van der Waals surface area contributed by atoms with Crippen molar-refractivity contribution in [3.63, 3.8) is 0 Å². The Morgan fingerprint density at radius 2 is 2.03 bits per heavy atom. The summed E-state index contributed by atoms with van der Waals surface area (Å²) in [4.78, 5) is 17.2. The molecule has 0 saturated heterocycles. The molecule has 0 bridgehead atoms. The monoisotopic (exact) mass is 446 g/mol. The molecule has 0 radical (unpaired) electrons. The smallest absolute Gasteiger partial charge is 0.315 e. The lowest BCUT2D eigenvalue weighted by Gasteiger charge is -2.06. The van der Waals surface area contributed by atoms with Crippen molar-refractivity contribution in [2.45, 2.75) is 20.4 Å². The van der Waals surface area contributed by atoms with E-state index in [1.54, 1.807) is 24.3 Å². The summed E-state index contributed by atoms with van der Waals surface area (Å²) in [7, 11) is 0. The maximum atomic E-state index is 14.5. The molecule has 2 aromatic heterocycles. The number of benzene rings is 2. The van der Waals surface area contributed by atoms with E-state index in [1.807, 2.05) is 13.8 Å². The number of carbonyl (C=O) groups is 1. The highest BCUT2D eigenvalue weighted by molar-refractivity contribution is 7.16. The zero-order valence-corrected chi connectivity index (χ0v) is 17.8. The molecule has 0 unspecified atom stereocenters. The standard InChI is InChI=1S/C22H20F2N2O4S/c1-3-28-9-8-26-19-15(24)11-14(23)12-18(19)31-22(26)25-21(27)17-10-13-6-5-7-16(29-4-2)20(13)30-17/h5-7,10-12H,3-4,8-9H2,1-2H3. The molecule has 9 heteroatoms. The molecule has 0 N–H and O–H groups in total. The number of fused-ring (bicyclic) bond motifs is 2. The predicted octanol–water partition coefficient (Wildman–Crippen LogP) is 4.90. The number of para-hydroxylation sites is 1. The SMILES string of the molecule is CCOCCn1c(=NC(=O)c2cc3cccc(OCC)c3o2)sc2cc(F)cc(F)c21. The van der Waals surface area contributed by atoms with Gasteiger partial charge in [-0.1, -0.05) is 23.5 Å². The van der Waals surface area contributed by atoms with Gasteiger partial charge in [0.2, 0.25) is 0 Å². The number of hydrogen-bond acceptors (Lipinski definition) is 5. The molecule has 4 rings (SSSR count). The maximum absolute atomic E-state index is 14.5. The van der Waals surface area contributed by atoms with Crippen LogP contribution in [-0.4, -0.2) is 30.3 Å². The van der Waals surface area contributed by atoms with Crippen molar-refractivity contribution in [2.75, 3.05) is 19.8 Å². The Morgan fingerprint density at radius 3 is 2.81 bits per heavy atom. The Morgan fingerprint density at radius 1 is 1.19 bits per heavy atom. The van der Waals surface area contributed by atoms with Gasteiger partial charge >= 0.3 is 5.91 Å². The van der Waals surface area contributed by atoms with Gasteiger partial charge in [-0.25, -0.2) is 8.78 Å². The predicted molar refractivity (Wildman–Crippen MR) is 114 cm³/mol. The van der Waals surface area contributed by atoms with Crippen LogP contribution in [-0.2, 0) is 11.3 Å². The van der Waals surface area contributed by atoms with Crippen LogP contribution in [0.15, 0.2) is 45.8 Å². The first kappa shape index (κ1) is 21.2. The first-order valence-electron chi connectivity index (χ1n) is 9.82. The number of hydrogen-bond donors (Lipinski definition) is 0. The van der Waals surface area contributed by atoms with Crippen LogP contribution < -0.4 is 9.54 Å². The second-order valence-electron chi connectivity index (χ2n) is 6.60. The van der Waals surface area contributed by atoms with Gasteiger partial charge in [0.25, 0.3) is 0 Å². The third-order valence-electron chi connectivity index (χ3n) is 4.57. The Labute approximate surface area is 180 Å². The highest BCUT2D eigenvalue weighted by Crippen LogP contribution is 2.29. The minimum Gasteiger partial charge on any atom is -0.490 e. The molecular formula is C22H20F2N2O4S. The van der Waals surface area contributed by atoms with Gasteiger partial charge in [-0.2, -0.15) is 4.99 Å². The number of ether oxygens (including phenoxy) is 2. The van der Waals surface area contributed by atoms with Crippen molar-refractivity contribution in [1.29, 1.82) is 0 Å². The highest BCUT2D eigenvalue weighted by atomic mass is 32.1. The Kier molecular flexibility index (Phi) is 6.15. The molecule has 31 heavy (non-hydrogen) atoms. The molecule has 0 aliphatic carbocycles. The maximum Gasteiger partial charge on any atom is 0.315 e. The van der Waals surface area contributed by atoms with Crippen LogP contribution in [0.25, 0.3) is 21.2 Å². The zero-order chi connectivity index (χ0) is 22.0. The van der Waals surface area contributed by atoms with Crippen LogP contribution in [0.1, 0.15) is 24.4 Å². The number of rotatable bonds is 7. The van der Waals surface area contributed by atoms with Crippen LogP contribution in [0.3, 0.4) is 0 Å². The van der Waals surface area contributed by atoms with Crippen LogP contribution in [0.5, 0.6) is 5.75 Å². The summed E-state index contributed by atoms with van der Waals surface area (Å²) in [5.41, 5.74) is 0.637. The number of thiazole rings is 1. The molecule has 1 amide bonds. The molecule has 162 valence electrons. The number of carbonyl (C=O) groups excluding carboxylic acids is 1. The van der Waals surface area contributed by atoms with Gasteiger partial charge in [-0.05, 0) is 32.0 Å². The molecule has 2 heterocycles. The number of nitrogens with zero attached hydrogens (tertiary/aromatic N) is 2. The molecule has 0 aliphatic rings. The minimum absolute atomic E-state index is 0.0302. The summed E-state index contributed by atoms with van der Waals surface area (Å²) < 4.78 is 46.7. The fraction of sp³-hybridized carbons (Fsp3) is 0.273. The van der Waals surface area contributed by atoms with E-state index in [0.29, 0.717) is 41.2 Å². The van der Waals surface area contributed by atoms with E-state index in [4.69, 9.17) is 13.9 Å². The second-order valence-corrected chi connectivity index (χ2v) is 7.61. The van der Waals surface area contributed by atoms with Crippen molar-refractivity contribution >= 4 is 38.4 Å².